The summed E-state index contributed by atoms with van der Waals surface area (Å²) in [7, 11) is 0. The third kappa shape index (κ3) is 3.67. The molecule has 0 saturated heterocycles. The lowest BCUT2D eigenvalue weighted by Gasteiger charge is -2.15. The topological polar surface area (TPSA) is 71.3 Å². The largest absolute Gasteiger partial charge is 0.466 e. The normalized spacial score (nSPS) is 15.0. The van der Waals surface area contributed by atoms with Gasteiger partial charge in [0, 0.05) is 11.6 Å². The van der Waals surface area contributed by atoms with Crippen LogP contribution < -0.4 is 10.6 Å². The van der Waals surface area contributed by atoms with Gasteiger partial charge in [0.1, 0.15) is 11.5 Å². The molecule has 1 aliphatic rings. The van der Waals surface area contributed by atoms with Gasteiger partial charge in [-0.2, -0.15) is 0 Å². The van der Waals surface area contributed by atoms with E-state index in [0.717, 1.165) is 29.9 Å². The summed E-state index contributed by atoms with van der Waals surface area (Å²) in [6.45, 7) is 5.53. The third-order valence-corrected chi connectivity index (χ3v) is 4.26. The minimum atomic E-state index is -0.150. The standard InChI is InChI=1S/C19H22N2O3/c1-11-10-17(13(3)24-11)19(23)20-12(2)14-6-8-16(9-7-14)21-18(22)15-4-5-15/h6-10,12,15H,4-5H2,1-3H3,(H,20,23)(H,21,22)/t12-/m1/s1. The van der Waals surface area contributed by atoms with Gasteiger partial charge in [0.15, 0.2) is 0 Å². The van der Waals surface area contributed by atoms with Crippen LogP contribution in [0.5, 0.6) is 0 Å². The molecule has 1 fully saturated rings. The number of anilines is 1. The van der Waals surface area contributed by atoms with E-state index in [1.165, 1.54) is 0 Å². The second-order valence-electron chi connectivity index (χ2n) is 6.41. The van der Waals surface area contributed by atoms with Gasteiger partial charge in [0.2, 0.25) is 5.91 Å². The molecule has 0 spiro atoms. The van der Waals surface area contributed by atoms with Crippen LogP contribution in [0.15, 0.2) is 34.7 Å². The van der Waals surface area contributed by atoms with Crippen molar-refractivity contribution in [3.63, 3.8) is 0 Å². The highest BCUT2D eigenvalue weighted by molar-refractivity contribution is 5.95. The zero-order valence-electron chi connectivity index (χ0n) is 14.2. The highest BCUT2D eigenvalue weighted by atomic mass is 16.3. The Morgan fingerprint density at radius 2 is 1.83 bits per heavy atom. The van der Waals surface area contributed by atoms with Crippen LogP contribution in [-0.2, 0) is 4.79 Å². The first-order chi connectivity index (χ1) is 11.4. The molecular formula is C19H22N2O3. The lowest BCUT2D eigenvalue weighted by Crippen LogP contribution is -2.26. The van der Waals surface area contributed by atoms with Crippen LogP contribution in [0.25, 0.3) is 0 Å². The maximum absolute atomic E-state index is 12.3. The molecular weight excluding hydrogens is 304 g/mol. The van der Waals surface area contributed by atoms with Crippen molar-refractivity contribution in [3.05, 3.63) is 53.0 Å². The first kappa shape index (κ1) is 16.3. The molecule has 2 N–H and O–H groups in total. The molecule has 2 aromatic rings. The van der Waals surface area contributed by atoms with Crippen molar-refractivity contribution in [1.82, 2.24) is 5.32 Å². The number of aryl methyl sites for hydroxylation is 2. The van der Waals surface area contributed by atoms with E-state index >= 15 is 0 Å². The van der Waals surface area contributed by atoms with E-state index < -0.39 is 0 Å². The van der Waals surface area contributed by atoms with Crippen molar-refractivity contribution in [3.8, 4) is 0 Å². The maximum atomic E-state index is 12.3. The van der Waals surface area contributed by atoms with Gasteiger partial charge < -0.3 is 15.1 Å². The van der Waals surface area contributed by atoms with Crippen LogP contribution in [0, 0.1) is 19.8 Å². The smallest absolute Gasteiger partial charge is 0.255 e. The molecule has 0 aliphatic heterocycles. The van der Waals surface area contributed by atoms with Crippen LogP contribution >= 0.6 is 0 Å². The van der Waals surface area contributed by atoms with Gasteiger partial charge >= 0.3 is 0 Å². The predicted octanol–water partition coefficient (Wildman–Crippen LogP) is 3.74. The van der Waals surface area contributed by atoms with E-state index in [9.17, 15) is 9.59 Å². The monoisotopic (exact) mass is 326 g/mol. The summed E-state index contributed by atoms with van der Waals surface area (Å²) in [6, 6.07) is 9.17. The fraction of sp³-hybridized carbons (Fsp3) is 0.368. The lowest BCUT2D eigenvalue weighted by molar-refractivity contribution is -0.117. The Balaban J connectivity index is 1.62. The molecule has 0 unspecified atom stereocenters. The Morgan fingerprint density at radius 3 is 2.38 bits per heavy atom. The number of hydrogen-bond donors (Lipinski definition) is 2. The summed E-state index contributed by atoms with van der Waals surface area (Å²) in [5, 5.41) is 5.88. The number of benzene rings is 1. The Hall–Kier alpha value is -2.56. The van der Waals surface area contributed by atoms with Gasteiger partial charge in [0.25, 0.3) is 5.91 Å². The van der Waals surface area contributed by atoms with Crippen molar-refractivity contribution in [1.29, 1.82) is 0 Å². The van der Waals surface area contributed by atoms with Gasteiger partial charge in [-0.15, -0.1) is 0 Å². The van der Waals surface area contributed by atoms with Crippen molar-refractivity contribution < 1.29 is 14.0 Å². The predicted molar refractivity (Wildman–Crippen MR) is 91.9 cm³/mol. The molecule has 126 valence electrons. The second-order valence-corrected chi connectivity index (χ2v) is 6.41. The van der Waals surface area contributed by atoms with Gasteiger partial charge in [-0.05, 0) is 57.4 Å². The van der Waals surface area contributed by atoms with Gasteiger partial charge in [-0.25, -0.2) is 0 Å². The lowest BCUT2D eigenvalue weighted by atomic mass is 10.1. The molecule has 24 heavy (non-hydrogen) atoms. The van der Waals surface area contributed by atoms with Crippen molar-refractivity contribution in [2.75, 3.05) is 5.32 Å². The summed E-state index contributed by atoms with van der Waals surface area (Å²) >= 11 is 0. The number of hydrogen-bond acceptors (Lipinski definition) is 3. The van der Waals surface area contributed by atoms with Crippen LogP contribution in [0.3, 0.4) is 0 Å². The highest BCUT2D eigenvalue weighted by Crippen LogP contribution is 2.30. The zero-order chi connectivity index (χ0) is 17.3. The van der Waals surface area contributed by atoms with Crippen LogP contribution in [-0.4, -0.2) is 11.8 Å². The van der Waals surface area contributed by atoms with E-state index in [4.69, 9.17) is 4.42 Å². The summed E-state index contributed by atoms with van der Waals surface area (Å²) in [5.74, 6) is 1.47. The Kier molecular flexibility index (Phi) is 4.42. The molecule has 1 atom stereocenters. The molecule has 1 heterocycles. The molecule has 1 aromatic heterocycles. The quantitative estimate of drug-likeness (QED) is 0.879. The molecule has 2 amide bonds. The van der Waals surface area contributed by atoms with Crippen molar-refractivity contribution >= 4 is 17.5 Å². The summed E-state index contributed by atoms with van der Waals surface area (Å²) in [5.41, 5.74) is 2.33. The minimum absolute atomic E-state index is 0.0925. The number of nitrogens with one attached hydrogen (secondary N) is 2. The molecule has 3 rings (SSSR count). The Labute approximate surface area is 141 Å². The molecule has 1 saturated carbocycles. The van der Waals surface area contributed by atoms with Gasteiger partial charge in [0.05, 0.1) is 11.6 Å². The average molecular weight is 326 g/mol. The van der Waals surface area contributed by atoms with Gasteiger partial charge in [-0.1, -0.05) is 12.1 Å². The van der Waals surface area contributed by atoms with E-state index in [1.54, 1.807) is 13.0 Å². The second kappa shape index (κ2) is 6.51. The fourth-order valence-electron chi connectivity index (χ4n) is 2.66. The Morgan fingerprint density at radius 1 is 1.17 bits per heavy atom. The molecule has 1 aliphatic carbocycles. The summed E-state index contributed by atoms with van der Waals surface area (Å²) < 4.78 is 5.40. The number of rotatable bonds is 5. The van der Waals surface area contributed by atoms with E-state index in [-0.39, 0.29) is 23.8 Å². The van der Waals surface area contributed by atoms with Crippen LogP contribution in [0.1, 0.15) is 53.2 Å². The summed E-state index contributed by atoms with van der Waals surface area (Å²) in [6.07, 6.45) is 1.97. The van der Waals surface area contributed by atoms with Crippen LogP contribution in [0.4, 0.5) is 5.69 Å². The zero-order valence-corrected chi connectivity index (χ0v) is 14.2. The van der Waals surface area contributed by atoms with Crippen molar-refractivity contribution in [2.45, 2.75) is 39.7 Å². The number of furan rings is 1. The first-order valence-corrected chi connectivity index (χ1v) is 8.23. The Bertz CT molecular complexity index is 757. The van der Waals surface area contributed by atoms with E-state index in [0.29, 0.717) is 11.3 Å². The first-order valence-electron chi connectivity index (χ1n) is 8.23. The molecule has 0 radical (unpaired) electrons. The fourth-order valence-corrected chi connectivity index (χ4v) is 2.66. The number of amides is 2. The maximum Gasteiger partial charge on any atom is 0.255 e. The molecule has 1 aromatic carbocycles. The number of carbonyl (C=O) groups excluding carboxylic acids is 2. The molecule has 5 nitrogen and oxygen atoms in total. The highest BCUT2D eigenvalue weighted by Gasteiger charge is 2.29. The SMILES string of the molecule is Cc1cc(C(=O)N[C@H](C)c2ccc(NC(=O)C3CC3)cc2)c(C)o1. The van der Waals surface area contributed by atoms with E-state index in [2.05, 4.69) is 10.6 Å². The summed E-state index contributed by atoms with van der Waals surface area (Å²) in [4.78, 5) is 24.1. The van der Waals surface area contributed by atoms with E-state index in [1.807, 2.05) is 38.1 Å². The minimum Gasteiger partial charge on any atom is -0.466 e. The average Bonchev–Trinajstić information content (AvgIpc) is 3.33. The van der Waals surface area contributed by atoms with Crippen molar-refractivity contribution in [2.24, 2.45) is 5.92 Å². The molecule has 5 heteroatoms. The third-order valence-electron chi connectivity index (χ3n) is 4.26. The van der Waals surface area contributed by atoms with Gasteiger partial charge in [-0.3, -0.25) is 9.59 Å². The molecule has 0 bridgehead atoms. The van der Waals surface area contributed by atoms with Crippen LogP contribution in [0.2, 0.25) is 0 Å². The number of carbonyl (C=O) groups is 2.